The Morgan fingerprint density at radius 2 is 0.803 bits per heavy atom. The van der Waals surface area contributed by atoms with Crippen LogP contribution in [0.5, 0.6) is 11.5 Å². The van der Waals surface area contributed by atoms with Gasteiger partial charge in [-0.2, -0.15) is 0 Å². The SMILES string of the molecule is C=C(C)C(=O)OCCNC(=O)Oc1ccc(-c2ccccn2)cc1.C=C(C)C(=O)OCCNC(=O)Oc1ccc(-c2ccccn2)cc1.[Ir+3].c1ccc(-c2ccccn2)cc1. The van der Waals surface area contributed by atoms with Crippen LogP contribution in [0.3, 0.4) is 0 Å². The van der Waals surface area contributed by atoms with Gasteiger partial charge in [0.15, 0.2) is 0 Å². The van der Waals surface area contributed by atoms with E-state index in [-0.39, 0.29) is 46.4 Å². The Morgan fingerprint density at radius 3 is 1.11 bits per heavy atom. The first-order valence-corrected chi connectivity index (χ1v) is 18.6. The van der Waals surface area contributed by atoms with Gasteiger partial charge in [-0.15, -0.1) is 0 Å². The first kappa shape index (κ1) is 48.1. The third-order valence-electron chi connectivity index (χ3n) is 7.69. The summed E-state index contributed by atoms with van der Waals surface area (Å²) in [5.41, 5.74) is 6.35. The molecule has 0 fully saturated rings. The van der Waals surface area contributed by atoms with Gasteiger partial charge in [-0.05, 0) is 98.8 Å². The Balaban J connectivity index is 0.000000255. The molecule has 14 heteroatoms. The van der Waals surface area contributed by atoms with Crippen LogP contribution in [0.2, 0.25) is 0 Å². The number of hydrogen-bond acceptors (Lipinski definition) is 11. The zero-order valence-electron chi connectivity index (χ0n) is 33.6. The van der Waals surface area contributed by atoms with Gasteiger partial charge in [-0.25, -0.2) is 19.2 Å². The van der Waals surface area contributed by atoms with Crippen molar-refractivity contribution < 1.29 is 58.2 Å². The van der Waals surface area contributed by atoms with Gasteiger partial charge < -0.3 is 29.6 Å². The number of aromatic nitrogens is 3. The van der Waals surface area contributed by atoms with Gasteiger partial charge in [0.25, 0.3) is 0 Å². The van der Waals surface area contributed by atoms with Crippen molar-refractivity contribution in [3.63, 3.8) is 0 Å². The Kier molecular flexibility index (Phi) is 21.0. The minimum Gasteiger partial charge on any atom is -0.460 e. The molecule has 2 amide bonds. The van der Waals surface area contributed by atoms with Crippen LogP contribution in [0.4, 0.5) is 9.59 Å². The van der Waals surface area contributed by atoms with Crippen molar-refractivity contribution in [1.82, 2.24) is 25.6 Å². The zero-order chi connectivity index (χ0) is 43.0. The molecule has 0 atom stereocenters. The number of nitrogens with one attached hydrogen (secondary N) is 2. The summed E-state index contributed by atoms with van der Waals surface area (Å²) in [6.07, 6.45) is 4.00. The summed E-state index contributed by atoms with van der Waals surface area (Å²) < 4.78 is 20.0. The smallest absolute Gasteiger partial charge is 0.460 e. The monoisotopic (exact) mass is 1000 g/mol. The number of hydrogen-bond donors (Lipinski definition) is 2. The third-order valence-corrected chi connectivity index (χ3v) is 7.69. The fraction of sp³-hybridized carbons (Fsp3) is 0.128. The first-order chi connectivity index (χ1) is 29.1. The maximum atomic E-state index is 11.6. The first-order valence-electron chi connectivity index (χ1n) is 18.6. The van der Waals surface area contributed by atoms with Gasteiger partial charge in [0.2, 0.25) is 0 Å². The zero-order valence-corrected chi connectivity index (χ0v) is 36.0. The summed E-state index contributed by atoms with van der Waals surface area (Å²) in [5.74, 6) is -0.164. The van der Waals surface area contributed by atoms with Crippen LogP contribution >= 0.6 is 0 Å². The van der Waals surface area contributed by atoms with Gasteiger partial charge in [-0.3, -0.25) is 15.0 Å². The summed E-state index contributed by atoms with van der Waals surface area (Å²) in [7, 11) is 0. The molecule has 0 saturated heterocycles. The van der Waals surface area contributed by atoms with E-state index >= 15 is 0 Å². The standard InChI is InChI=1S/2C18H18N2O4.C11H9N.Ir/c2*1-13(2)17(21)23-12-11-20-18(22)24-15-8-6-14(7-9-15)16-5-3-4-10-19-16;1-2-6-10(7-3-1)11-8-4-5-9-12-11;/h2*3-10H,1,11-12H2,2H3,(H,20,22);1-9H;/q;;;+3. The Morgan fingerprint density at radius 1 is 0.475 bits per heavy atom. The summed E-state index contributed by atoms with van der Waals surface area (Å²) in [4.78, 5) is 58.3. The number of ether oxygens (including phenoxy) is 4. The molecule has 312 valence electrons. The molecular formula is C47H45IrN5O8+3. The molecule has 0 aliphatic rings. The molecule has 61 heavy (non-hydrogen) atoms. The van der Waals surface area contributed by atoms with E-state index in [0.29, 0.717) is 22.6 Å². The van der Waals surface area contributed by atoms with E-state index in [4.69, 9.17) is 18.9 Å². The minimum atomic E-state index is -0.619. The van der Waals surface area contributed by atoms with E-state index in [2.05, 4.69) is 50.9 Å². The summed E-state index contributed by atoms with van der Waals surface area (Å²) in [5, 5.41) is 4.98. The molecule has 6 rings (SSSR count). The number of rotatable bonds is 13. The number of carbonyl (C=O) groups excluding carboxylic acids is 4. The van der Waals surface area contributed by atoms with Crippen LogP contribution in [-0.4, -0.2) is 65.4 Å². The summed E-state index contributed by atoms with van der Waals surface area (Å²) in [6.45, 7) is 10.5. The minimum absolute atomic E-state index is 0. The van der Waals surface area contributed by atoms with Crippen LogP contribution in [0.1, 0.15) is 13.8 Å². The van der Waals surface area contributed by atoms with Gasteiger partial charge in [0, 0.05) is 46.4 Å². The second-order valence-electron chi connectivity index (χ2n) is 12.5. The maximum Gasteiger partial charge on any atom is 3.00 e. The quantitative estimate of drug-likeness (QED) is 0.0646. The number of nitrogens with zero attached hydrogens (tertiary/aromatic N) is 3. The van der Waals surface area contributed by atoms with Crippen LogP contribution in [-0.2, 0) is 39.2 Å². The van der Waals surface area contributed by atoms with Gasteiger partial charge in [0.05, 0.1) is 30.2 Å². The molecule has 13 nitrogen and oxygen atoms in total. The predicted octanol–water partition coefficient (Wildman–Crippen LogP) is 8.66. The van der Waals surface area contributed by atoms with Gasteiger partial charge in [0.1, 0.15) is 24.7 Å². The van der Waals surface area contributed by atoms with Gasteiger partial charge >= 0.3 is 44.2 Å². The number of esters is 2. The van der Waals surface area contributed by atoms with Gasteiger partial charge in [-0.1, -0.05) is 61.7 Å². The van der Waals surface area contributed by atoms with Crippen molar-refractivity contribution in [1.29, 1.82) is 0 Å². The van der Waals surface area contributed by atoms with Crippen LogP contribution < -0.4 is 20.1 Å². The van der Waals surface area contributed by atoms with E-state index in [1.54, 1.807) is 50.5 Å². The van der Waals surface area contributed by atoms with E-state index in [0.717, 1.165) is 33.8 Å². The number of amides is 2. The molecule has 3 aromatic heterocycles. The Bertz CT molecular complexity index is 2120. The normalized spacial score (nSPS) is 9.67. The topological polar surface area (TPSA) is 168 Å². The third kappa shape index (κ3) is 18.0. The molecule has 0 spiro atoms. The van der Waals surface area contributed by atoms with Crippen molar-refractivity contribution in [3.05, 3.63) is 176 Å². The molecule has 6 aromatic rings. The molecule has 0 radical (unpaired) electrons. The van der Waals surface area contributed by atoms with Crippen molar-refractivity contribution >= 4 is 24.1 Å². The van der Waals surface area contributed by atoms with E-state index in [1.807, 2.05) is 103 Å². The molecule has 2 N–H and O–H groups in total. The van der Waals surface area contributed by atoms with Crippen molar-refractivity contribution in [2.24, 2.45) is 0 Å². The van der Waals surface area contributed by atoms with E-state index in [9.17, 15) is 19.2 Å². The average molecular weight is 1000 g/mol. The summed E-state index contributed by atoms with van der Waals surface area (Å²) in [6, 6.07) is 41.4. The molecule has 3 heterocycles. The predicted molar refractivity (Wildman–Crippen MR) is 229 cm³/mol. The fourth-order valence-corrected chi connectivity index (χ4v) is 4.72. The van der Waals surface area contributed by atoms with Crippen LogP contribution in [0.15, 0.2) is 176 Å². The second-order valence-corrected chi connectivity index (χ2v) is 12.5. The molecule has 3 aromatic carbocycles. The van der Waals surface area contributed by atoms with Crippen molar-refractivity contribution in [3.8, 4) is 45.3 Å². The molecule has 0 bridgehead atoms. The number of benzene rings is 3. The average Bonchev–Trinajstić information content (AvgIpc) is 3.28. The van der Waals surface area contributed by atoms with Crippen LogP contribution in [0, 0.1) is 0 Å². The summed E-state index contributed by atoms with van der Waals surface area (Å²) >= 11 is 0. The fourth-order valence-electron chi connectivity index (χ4n) is 4.72. The molecule has 0 aliphatic carbocycles. The number of pyridine rings is 3. The Labute approximate surface area is 368 Å². The molecule has 0 saturated carbocycles. The van der Waals surface area contributed by atoms with Crippen molar-refractivity contribution in [2.45, 2.75) is 13.8 Å². The Hall–Kier alpha value is -7.28. The largest absolute Gasteiger partial charge is 3.00 e. The molecule has 0 unspecified atom stereocenters. The maximum absolute atomic E-state index is 11.6. The molecular weight excluding hydrogens is 955 g/mol. The number of carbonyl (C=O) groups is 4. The van der Waals surface area contributed by atoms with E-state index in [1.165, 1.54) is 0 Å². The molecule has 0 aliphatic heterocycles. The van der Waals surface area contributed by atoms with Crippen LogP contribution in [0.25, 0.3) is 33.8 Å². The van der Waals surface area contributed by atoms with E-state index < -0.39 is 24.1 Å². The van der Waals surface area contributed by atoms with Crippen molar-refractivity contribution in [2.75, 3.05) is 26.3 Å². The second kappa shape index (κ2) is 26.7.